The average Bonchev–Trinajstić information content (AvgIpc) is 2.49. The third kappa shape index (κ3) is 5.41. The molecular weight excluding hydrogens is 304 g/mol. The second kappa shape index (κ2) is 7.99. The van der Waals surface area contributed by atoms with E-state index in [1.807, 2.05) is 63.3 Å². The van der Waals surface area contributed by atoms with Gasteiger partial charge in [0.1, 0.15) is 11.6 Å². The zero-order valence-corrected chi connectivity index (χ0v) is 14.6. The second-order valence-electron chi connectivity index (χ2n) is 6.90. The van der Waals surface area contributed by atoms with Gasteiger partial charge in [-0.1, -0.05) is 42.5 Å². The number of nitrogens with one attached hydrogen (secondary N) is 1. The van der Waals surface area contributed by atoms with Crippen LogP contribution in [0, 0.1) is 0 Å². The van der Waals surface area contributed by atoms with Gasteiger partial charge in [-0.3, -0.25) is 9.69 Å². The zero-order valence-electron chi connectivity index (χ0n) is 14.6. The van der Waals surface area contributed by atoms with Crippen LogP contribution >= 0.6 is 0 Å². The van der Waals surface area contributed by atoms with Crippen LogP contribution in [0.2, 0.25) is 0 Å². The van der Waals surface area contributed by atoms with Crippen molar-refractivity contribution in [1.29, 1.82) is 0 Å². The van der Waals surface area contributed by atoms with Crippen LogP contribution in [0.3, 0.4) is 0 Å². The molecule has 24 heavy (non-hydrogen) atoms. The van der Waals surface area contributed by atoms with Crippen molar-refractivity contribution in [1.82, 2.24) is 10.2 Å². The summed E-state index contributed by atoms with van der Waals surface area (Å²) in [4.78, 5) is 26.7. The van der Waals surface area contributed by atoms with Crippen LogP contribution in [0.1, 0.15) is 39.2 Å². The maximum atomic E-state index is 12.7. The fourth-order valence-corrected chi connectivity index (χ4v) is 2.52. The van der Waals surface area contributed by atoms with Crippen LogP contribution < -0.4 is 5.32 Å². The monoisotopic (exact) mass is 330 g/mol. The minimum absolute atomic E-state index is 0.138. The molecule has 1 aliphatic heterocycles. The molecule has 1 heterocycles. The number of hydrogen-bond acceptors (Lipinski definition) is 3. The normalized spacial score (nSPS) is 18.3. The lowest BCUT2D eigenvalue weighted by molar-refractivity contribution is -0.126. The predicted octanol–water partition coefficient (Wildman–Crippen LogP) is 3.26. The smallest absolute Gasteiger partial charge is 0.411 e. The predicted molar refractivity (Wildman–Crippen MR) is 93.4 cm³/mol. The Bertz CT molecular complexity index is 590. The quantitative estimate of drug-likeness (QED) is 0.866. The first-order valence-electron chi connectivity index (χ1n) is 8.33. The van der Waals surface area contributed by atoms with E-state index in [-0.39, 0.29) is 5.91 Å². The van der Waals surface area contributed by atoms with Gasteiger partial charge in [-0.2, -0.15) is 0 Å². The van der Waals surface area contributed by atoms with Gasteiger partial charge in [0.2, 0.25) is 5.91 Å². The molecule has 1 N–H and O–H groups in total. The van der Waals surface area contributed by atoms with E-state index >= 15 is 0 Å². The standard InChI is InChI=1S/C19H26N2O3/c1-19(2,3)24-18(23)21(14-15-10-6-4-7-11-15)16-12-8-5-9-13-20-17(16)22/h4-8,10-11,16H,9,12-14H2,1-3H3,(H,20,22)/t16-/m0/s1. The molecule has 0 aliphatic carbocycles. The summed E-state index contributed by atoms with van der Waals surface area (Å²) in [7, 11) is 0. The number of ether oxygens (including phenoxy) is 1. The summed E-state index contributed by atoms with van der Waals surface area (Å²) in [5, 5.41) is 2.88. The Labute approximate surface area is 143 Å². The number of carbonyl (C=O) groups is 2. The van der Waals surface area contributed by atoms with Crippen LogP contribution in [0.5, 0.6) is 0 Å². The highest BCUT2D eigenvalue weighted by Gasteiger charge is 2.32. The largest absolute Gasteiger partial charge is 0.444 e. The van der Waals surface area contributed by atoms with Crippen molar-refractivity contribution in [2.45, 2.75) is 51.8 Å². The van der Waals surface area contributed by atoms with Gasteiger partial charge in [0.05, 0.1) is 0 Å². The first kappa shape index (κ1) is 18.0. The van der Waals surface area contributed by atoms with E-state index in [1.54, 1.807) is 0 Å². The first-order chi connectivity index (χ1) is 11.4. The molecule has 0 saturated carbocycles. The maximum Gasteiger partial charge on any atom is 0.411 e. The van der Waals surface area contributed by atoms with Gasteiger partial charge in [-0.15, -0.1) is 0 Å². The van der Waals surface area contributed by atoms with Crippen molar-refractivity contribution in [2.24, 2.45) is 0 Å². The highest BCUT2D eigenvalue weighted by Crippen LogP contribution is 2.18. The van der Waals surface area contributed by atoms with Crippen molar-refractivity contribution in [3.05, 3.63) is 48.0 Å². The lowest BCUT2D eigenvalue weighted by Crippen LogP contribution is -2.50. The van der Waals surface area contributed by atoms with Crippen LogP contribution in [0.4, 0.5) is 4.79 Å². The highest BCUT2D eigenvalue weighted by atomic mass is 16.6. The minimum Gasteiger partial charge on any atom is -0.444 e. The summed E-state index contributed by atoms with van der Waals surface area (Å²) >= 11 is 0. The SMILES string of the molecule is CC(C)(C)OC(=O)N(Cc1ccccc1)[C@H]1CC=CCCNC1=O. The van der Waals surface area contributed by atoms with Crippen molar-refractivity contribution in [2.75, 3.05) is 6.54 Å². The average molecular weight is 330 g/mol. The van der Waals surface area contributed by atoms with E-state index in [9.17, 15) is 9.59 Å². The Balaban J connectivity index is 2.26. The van der Waals surface area contributed by atoms with Gasteiger partial charge < -0.3 is 10.1 Å². The third-order valence-electron chi connectivity index (χ3n) is 3.64. The summed E-state index contributed by atoms with van der Waals surface area (Å²) in [6.45, 7) is 6.39. The van der Waals surface area contributed by atoms with E-state index in [0.717, 1.165) is 12.0 Å². The summed E-state index contributed by atoms with van der Waals surface area (Å²) in [6.07, 6.45) is 4.82. The van der Waals surface area contributed by atoms with Crippen molar-refractivity contribution in [3.63, 3.8) is 0 Å². The molecule has 0 aromatic heterocycles. The molecule has 0 spiro atoms. The Morgan fingerprint density at radius 3 is 2.62 bits per heavy atom. The lowest BCUT2D eigenvalue weighted by atomic mass is 10.1. The maximum absolute atomic E-state index is 12.7. The van der Waals surface area contributed by atoms with Crippen LogP contribution in [0.15, 0.2) is 42.5 Å². The molecule has 1 aromatic rings. The molecule has 0 saturated heterocycles. The van der Waals surface area contributed by atoms with E-state index < -0.39 is 17.7 Å². The molecule has 0 bridgehead atoms. The van der Waals surface area contributed by atoms with E-state index in [0.29, 0.717) is 19.5 Å². The number of carbonyl (C=O) groups excluding carboxylic acids is 2. The topological polar surface area (TPSA) is 58.6 Å². The molecule has 2 amide bonds. The van der Waals surface area contributed by atoms with Gasteiger partial charge in [-0.05, 0) is 39.2 Å². The molecule has 1 atom stereocenters. The number of hydrogen-bond donors (Lipinski definition) is 1. The molecular formula is C19H26N2O3. The Hall–Kier alpha value is -2.30. The molecule has 5 nitrogen and oxygen atoms in total. The molecule has 1 aromatic carbocycles. The van der Waals surface area contributed by atoms with Crippen LogP contribution in [-0.4, -0.2) is 35.1 Å². The Kier molecular flexibility index (Phi) is 6.01. The highest BCUT2D eigenvalue weighted by molar-refractivity contribution is 5.86. The fraction of sp³-hybridized carbons (Fsp3) is 0.474. The fourth-order valence-electron chi connectivity index (χ4n) is 2.52. The zero-order chi connectivity index (χ0) is 17.6. The molecule has 5 heteroatoms. The lowest BCUT2D eigenvalue weighted by Gasteiger charge is -2.33. The van der Waals surface area contributed by atoms with Crippen LogP contribution in [0.25, 0.3) is 0 Å². The molecule has 2 rings (SSSR count). The Morgan fingerprint density at radius 1 is 1.25 bits per heavy atom. The molecule has 1 aliphatic rings. The summed E-state index contributed by atoms with van der Waals surface area (Å²) in [5.41, 5.74) is 0.349. The van der Waals surface area contributed by atoms with Crippen molar-refractivity contribution >= 4 is 12.0 Å². The summed E-state index contributed by atoms with van der Waals surface area (Å²) in [6, 6.07) is 9.06. The van der Waals surface area contributed by atoms with Crippen molar-refractivity contribution < 1.29 is 14.3 Å². The number of amides is 2. The summed E-state index contributed by atoms with van der Waals surface area (Å²) < 4.78 is 5.53. The minimum atomic E-state index is -0.611. The van der Waals surface area contributed by atoms with Gasteiger partial charge in [0.25, 0.3) is 0 Å². The molecule has 0 radical (unpaired) electrons. The third-order valence-corrected chi connectivity index (χ3v) is 3.64. The van der Waals surface area contributed by atoms with Gasteiger partial charge >= 0.3 is 6.09 Å². The van der Waals surface area contributed by atoms with Gasteiger partial charge in [-0.25, -0.2) is 4.79 Å². The molecule has 0 unspecified atom stereocenters. The first-order valence-corrected chi connectivity index (χ1v) is 8.33. The van der Waals surface area contributed by atoms with Crippen LogP contribution in [-0.2, 0) is 16.1 Å². The number of benzene rings is 1. The summed E-state index contributed by atoms with van der Waals surface area (Å²) in [5.74, 6) is -0.138. The van der Waals surface area contributed by atoms with Gasteiger partial charge in [0.15, 0.2) is 0 Å². The molecule has 0 fully saturated rings. The number of nitrogens with zero attached hydrogens (tertiary/aromatic N) is 1. The van der Waals surface area contributed by atoms with E-state index in [1.165, 1.54) is 4.90 Å². The Morgan fingerprint density at radius 2 is 1.96 bits per heavy atom. The van der Waals surface area contributed by atoms with Crippen molar-refractivity contribution in [3.8, 4) is 0 Å². The second-order valence-corrected chi connectivity index (χ2v) is 6.90. The molecule has 130 valence electrons. The van der Waals surface area contributed by atoms with E-state index in [4.69, 9.17) is 4.74 Å². The van der Waals surface area contributed by atoms with Gasteiger partial charge in [0, 0.05) is 13.1 Å². The van der Waals surface area contributed by atoms with E-state index in [2.05, 4.69) is 5.32 Å². The number of rotatable bonds is 3.